The van der Waals surface area contributed by atoms with Crippen molar-refractivity contribution in [1.29, 1.82) is 0 Å². The minimum Gasteiger partial charge on any atom is -0.469 e. The molecule has 0 heterocycles. The summed E-state index contributed by atoms with van der Waals surface area (Å²) in [6.07, 6.45) is 5.96. The van der Waals surface area contributed by atoms with Gasteiger partial charge in [-0.25, -0.2) is 0 Å². The summed E-state index contributed by atoms with van der Waals surface area (Å²) in [5.74, 6) is -0.220. The molecule has 0 aliphatic heterocycles. The first-order valence-electron chi connectivity index (χ1n) is 5.19. The van der Waals surface area contributed by atoms with Gasteiger partial charge in [0.1, 0.15) is 0 Å². The second-order valence-electron chi connectivity index (χ2n) is 3.42. The summed E-state index contributed by atoms with van der Waals surface area (Å²) in [4.78, 5) is 10.8. The van der Waals surface area contributed by atoms with Gasteiger partial charge < -0.3 is 4.74 Å². The van der Waals surface area contributed by atoms with Gasteiger partial charge in [-0.2, -0.15) is 0 Å². The third-order valence-electron chi connectivity index (χ3n) is 2.22. The maximum absolute atomic E-state index is 10.8. The molecule has 1 aromatic rings. The Kier molecular flexibility index (Phi) is 5.06. The predicted molar refractivity (Wildman–Crippen MR) is 65.9 cm³/mol. The zero-order valence-electron chi connectivity index (χ0n) is 9.64. The van der Waals surface area contributed by atoms with Crippen LogP contribution in [0.1, 0.15) is 18.9 Å². The smallest absolute Gasteiger partial charge is 0.309 e. The first kappa shape index (κ1) is 12.2. The molecule has 16 heavy (non-hydrogen) atoms. The molecule has 0 saturated carbocycles. The van der Waals surface area contributed by atoms with E-state index >= 15 is 0 Å². The number of hydrogen-bond donors (Lipinski definition) is 0. The van der Waals surface area contributed by atoms with Crippen molar-refractivity contribution in [2.45, 2.75) is 13.3 Å². The molecule has 0 bridgehead atoms. The lowest BCUT2D eigenvalue weighted by molar-refractivity contribution is -0.139. The Balaban J connectivity index is 2.55. The maximum atomic E-state index is 10.8. The second-order valence-corrected chi connectivity index (χ2v) is 3.42. The first-order chi connectivity index (χ1) is 7.74. The van der Waals surface area contributed by atoms with E-state index in [4.69, 9.17) is 0 Å². The summed E-state index contributed by atoms with van der Waals surface area (Å²) in [6.45, 7) is 2.04. The zero-order valence-corrected chi connectivity index (χ0v) is 9.64. The molecule has 0 amide bonds. The standard InChI is InChI=1S/C14H16O2/c1-12(13-9-4-3-5-10-13)8-6-7-11-14(15)16-2/h3-10H,11H2,1-2H3/b7-6-,12-8-. The number of esters is 1. The van der Waals surface area contributed by atoms with Crippen molar-refractivity contribution >= 4 is 11.5 Å². The molecule has 1 aromatic carbocycles. The Labute approximate surface area is 96.2 Å². The number of methoxy groups -OCH3 is 1. The lowest BCUT2D eigenvalue weighted by Gasteiger charge is -1.98. The molecule has 0 unspecified atom stereocenters. The molecule has 0 aromatic heterocycles. The van der Waals surface area contributed by atoms with E-state index in [-0.39, 0.29) is 5.97 Å². The Morgan fingerprint density at radius 3 is 2.62 bits per heavy atom. The molecular weight excluding hydrogens is 200 g/mol. The predicted octanol–water partition coefficient (Wildman–Crippen LogP) is 3.21. The molecule has 2 nitrogen and oxygen atoms in total. The number of rotatable bonds is 4. The summed E-state index contributed by atoms with van der Waals surface area (Å²) in [5, 5.41) is 0. The second kappa shape index (κ2) is 6.62. The van der Waals surface area contributed by atoms with Crippen LogP contribution in [0.15, 0.2) is 48.6 Å². The Hall–Kier alpha value is -1.83. The van der Waals surface area contributed by atoms with Crippen LogP contribution in [0, 0.1) is 0 Å². The zero-order chi connectivity index (χ0) is 11.8. The molecule has 0 atom stereocenters. The van der Waals surface area contributed by atoms with Crippen molar-refractivity contribution in [1.82, 2.24) is 0 Å². The van der Waals surface area contributed by atoms with Gasteiger partial charge in [-0.05, 0) is 18.1 Å². The molecule has 0 spiro atoms. The monoisotopic (exact) mass is 216 g/mol. The maximum Gasteiger partial charge on any atom is 0.309 e. The highest BCUT2D eigenvalue weighted by Crippen LogP contribution is 2.12. The number of carbonyl (C=O) groups excluding carboxylic acids is 1. The highest BCUT2D eigenvalue weighted by molar-refractivity contribution is 5.71. The topological polar surface area (TPSA) is 26.3 Å². The first-order valence-corrected chi connectivity index (χ1v) is 5.19. The highest BCUT2D eigenvalue weighted by Gasteiger charge is 1.93. The van der Waals surface area contributed by atoms with E-state index in [0.717, 1.165) is 0 Å². The van der Waals surface area contributed by atoms with Crippen LogP contribution in [-0.2, 0) is 9.53 Å². The van der Waals surface area contributed by atoms with E-state index < -0.39 is 0 Å². The van der Waals surface area contributed by atoms with E-state index in [9.17, 15) is 4.79 Å². The van der Waals surface area contributed by atoms with Gasteiger partial charge in [0.05, 0.1) is 13.5 Å². The number of benzene rings is 1. The fraction of sp³-hybridized carbons (Fsp3) is 0.214. The average molecular weight is 216 g/mol. The van der Waals surface area contributed by atoms with Crippen LogP contribution in [0.4, 0.5) is 0 Å². The van der Waals surface area contributed by atoms with E-state index in [0.29, 0.717) is 6.42 Å². The minimum absolute atomic E-state index is 0.220. The molecule has 0 radical (unpaired) electrons. The van der Waals surface area contributed by atoms with Crippen LogP contribution in [0.3, 0.4) is 0 Å². The summed E-state index contributed by atoms with van der Waals surface area (Å²) in [6, 6.07) is 10.1. The van der Waals surface area contributed by atoms with Gasteiger partial charge in [0.2, 0.25) is 0 Å². The van der Waals surface area contributed by atoms with Crippen molar-refractivity contribution in [3.8, 4) is 0 Å². The normalized spacial score (nSPS) is 11.8. The fourth-order valence-corrected chi connectivity index (χ4v) is 1.26. The van der Waals surface area contributed by atoms with Crippen LogP contribution in [0.5, 0.6) is 0 Å². The van der Waals surface area contributed by atoms with Crippen molar-refractivity contribution in [3.63, 3.8) is 0 Å². The number of hydrogen-bond acceptors (Lipinski definition) is 2. The molecule has 2 heteroatoms. The molecule has 0 N–H and O–H groups in total. The lowest BCUT2D eigenvalue weighted by Crippen LogP contribution is -1.96. The van der Waals surface area contributed by atoms with Crippen molar-refractivity contribution in [2.75, 3.05) is 7.11 Å². The Bertz CT molecular complexity index is 388. The molecule has 0 aliphatic carbocycles. The SMILES string of the molecule is COC(=O)C/C=C\C=C(\C)c1ccccc1. The number of ether oxygens (including phenoxy) is 1. The van der Waals surface area contributed by atoms with Gasteiger partial charge in [0.15, 0.2) is 0 Å². The average Bonchev–Trinajstić information content (AvgIpc) is 2.35. The minimum atomic E-state index is -0.220. The fourth-order valence-electron chi connectivity index (χ4n) is 1.26. The van der Waals surface area contributed by atoms with Crippen LogP contribution < -0.4 is 0 Å². The van der Waals surface area contributed by atoms with Crippen molar-refractivity contribution in [2.24, 2.45) is 0 Å². The third kappa shape index (κ3) is 4.13. The van der Waals surface area contributed by atoms with E-state index in [2.05, 4.69) is 16.9 Å². The summed E-state index contributed by atoms with van der Waals surface area (Å²) in [5.41, 5.74) is 2.35. The number of carbonyl (C=O) groups is 1. The molecular formula is C14H16O2. The van der Waals surface area contributed by atoms with Gasteiger partial charge in [-0.15, -0.1) is 0 Å². The molecule has 0 aliphatic rings. The third-order valence-corrected chi connectivity index (χ3v) is 2.22. The molecule has 0 saturated heterocycles. The van der Waals surface area contributed by atoms with Gasteiger partial charge in [0, 0.05) is 0 Å². The van der Waals surface area contributed by atoms with E-state index in [1.54, 1.807) is 6.08 Å². The van der Waals surface area contributed by atoms with Gasteiger partial charge in [0.25, 0.3) is 0 Å². The van der Waals surface area contributed by atoms with Crippen LogP contribution in [-0.4, -0.2) is 13.1 Å². The van der Waals surface area contributed by atoms with E-state index in [1.807, 2.05) is 37.3 Å². The van der Waals surface area contributed by atoms with Crippen LogP contribution >= 0.6 is 0 Å². The highest BCUT2D eigenvalue weighted by atomic mass is 16.5. The van der Waals surface area contributed by atoms with Crippen LogP contribution in [0.25, 0.3) is 5.57 Å². The van der Waals surface area contributed by atoms with E-state index in [1.165, 1.54) is 18.2 Å². The Morgan fingerprint density at radius 1 is 1.31 bits per heavy atom. The molecule has 1 rings (SSSR count). The quantitative estimate of drug-likeness (QED) is 0.570. The largest absolute Gasteiger partial charge is 0.469 e. The Morgan fingerprint density at radius 2 is 2.00 bits per heavy atom. The number of allylic oxidation sites excluding steroid dienone is 3. The lowest BCUT2D eigenvalue weighted by atomic mass is 10.1. The van der Waals surface area contributed by atoms with Gasteiger partial charge >= 0.3 is 5.97 Å². The van der Waals surface area contributed by atoms with Crippen molar-refractivity contribution in [3.05, 3.63) is 54.1 Å². The summed E-state index contributed by atoms with van der Waals surface area (Å²) < 4.78 is 4.53. The molecule has 0 fully saturated rings. The summed E-state index contributed by atoms with van der Waals surface area (Å²) >= 11 is 0. The van der Waals surface area contributed by atoms with Crippen LogP contribution in [0.2, 0.25) is 0 Å². The summed E-state index contributed by atoms with van der Waals surface area (Å²) in [7, 11) is 1.39. The van der Waals surface area contributed by atoms with Gasteiger partial charge in [-0.1, -0.05) is 48.6 Å². The van der Waals surface area contributed by atoms with Crippen molar-refractivity contribution < 1.29 is 9.53 Å². The molecule has 84 valence electrons. The van der Waals surface area contributed by atoms with Gasteiger partial charge in [-0.3, -0.25) is 4.79 Å².